The van der Waals surface area contributed by atoms with Crippen LogP contribution in [-0.4, -0.2) is 28.8 Å². The van der Waals surface area contributed by atoms with Gasteiger partial charge in [-0.2, -0.15) is 0 Å². The number of aromatic amines is 1. The fourth-order valence-corrected chi connectivity index (χ4v) is 2.88. The molecule has 0 bridgehead atoms. The quantitative estimate of drug-likeness (QED) is 0.521. The molecule has 1 heterocycles. The number of methoxy groups -OCH3 is 1. The lowest BCUT2D eigenvalue weighted by atomic mass is 10.0. The Kier molecular flexibility index (Phi) is 5.54. The molecule has 144 valence electrons. The van der Waals surface area contributed by atoms with Gasteiger partial charge in [0, 0.05) is 11.1 Å². The fourth-order valence-electron chi connectivity index (χ4n) is 2.88. The van der Waals surface area contributed by atoms with E-state index in [1.807, 2.05) is 0 Å². The number of rotatable bonds is 6. The van der Waals surface area contributed by atoms with Crippen molar-refractivity contribution in [3.05, 3.63) is 69.8 Å². The molecule has 3 rings (SSSR count). The van der Waals surface area contributed by atoms with Crippen LogP contribution in [0.3, 0.4) is 0 Å². The van der Waals surface area contributed by atoms with Gasteiger partial charge in [-0.25, -0.2) is 4.98 Å². The molecular weight excluding hydrogens is 360 g/mol. The Morgan fingerprint density at radius 2 is 1.93 bits per heavy atom. The third-order valence-electron chi connectivity index (χ3n) is 4.35. The summed E-state index contributed by atoms with van der Waals surface area (Å²) >= 11 is 0. The number of carbonyl (C=O) groups excluding carboxylic acids is 2. The molecular formula is C21H20N2O5. The summed E-state index contributed by atoms with van der Waals surface area (Å²) in [6, 6.07) is 11.8. The molecule has 0 aliphatic heterocycles. The molecule has 0 spiro atoms. The van der Waals surface area contributed by atoms with Crippen molar-refractivity contribution in [2.24, 2.45) is 0 Å². The summed E-state index contributed by atoms with van der Waals surface area (Å²) in [6.45, 7) is 3.09. The lowest BCUT2D eigenvalue weighted by Crippen LogP contribution is -2.18. The number of Topliss-reactive ketones (excluding diaryl/α,β-unsaturated/α-hetero) is 1. The summed E-state index contributed by atoms with van der Waals surface area (Å²) in [5.74, 6) is 0.124. The second kappa shape index (κ2) is 8.04. The number of H-pyrrole nitrogens is 1. The van der Waals surface area contributed by atoms with Gasteiger partial charge in [0.2, 0.25) is 0 Å². The van der Waals surface area contributed by atoms with Crippen molar-refractivity contribution in [1.82, 2.24) is 9.97 Å². The third kappa shape index (κ3) is 4.09. The first-order chi connectivity index (χ1) is 13.4. The molecule has 2 aromatic carbocycles. The van der Waals surface area contributed by atoms with Crippen LogP contribution in [0, 0.1) is 0 Å². The van der Waals surface area contributed by atoms with E-state index in [0.717, 1.165) is 0 Å². The second-order valence-electron chi connectivity index (χ2n) is 6.36. The number of nitrogens with zero attached hydrogens (tertiary/aromatic N) is 1. The molecule has 0 amide bonds. The number of fused-ring (bicyclic) bond motifs is 1. The average Bonchev–Trinajstić information content (AvgIpc) is 2.67. The maximum atomic E-state index is 12.4. The van der Waals surface area contributed by atoms with Crippen LogP contribution in [0.25, 0.3) is 10.9 Å². The van der Waals surface area contributed by atoms with Gasteiger partial charge in [-0.3, -0.25) is 14.4 Å². The molecule has 28 heavy (non-hydrogen) atoms. The van der Waals surface area contributed by atoms with E-state index in [1.165, 1.54) is 14.0 Å². The number of hydrogen-bond donors (Lipinski definition) is 1. The number of ether oxygens (including phenoxy) is 2. The third-order valence-corrected chi connectivity index (χ3v) is 4.35. The molecule has 0 saturated carbocycles. The maximum absolute atomic E-state index is 12.4. The summed E-state index contributed by atoms with van der Waals surface area (Å²) in [7, 11) is 1.49. The van der Waals surface area contributed by atoms with E-state index in [2.05, 4.69) is 9.97 Å². The molecule has 0 unspecified atom stereocenters. The lowest BCUT2D eigenvalue weighted by molar-refractivity contribution is -0.148. The van der Waals surface area contributed by atoms with Gasteiger partial charge in [-0.05, 0) is 44.2 Å². The van der Waals surface area contributed by atoms with Crippen LogP contribution < -0.4 is 10.3 Å². The average molecular weight is 380 g/mol. The fraction of sp³-hybridized carbons (Fsp3) is 0.238. The molecule has 0 fully saturated rings. The van der Waals surface area contributed by atoms with Crippen LogP contribution in [0.5, 0.6) is 5.75 Å². The highest BCUT2D eigenvalue weighted by Crippen LogP contribution is 2.22. The number of hydrogen-bond acceptors (Lipinski definition) is 6. The molecule has 0 aliphatic rings. The van der Waals surface area contributed by atoms with Crippen molar-refractivity contribution in [3.8, 4) is 5.75 Å². The smallest absolute Gasteiger partial charge is 0.311 e. The SMILES string of the molecule is COc1ccc(C(C)=O)cc1CC(=O)O[C@@H](C)c1nc2ccccc2c(=O)[nH]1. The Bertz CT molecular complexity index is 1100. The normalized spacial score (nSPS) is 11.8. The van der Waals surface area contributed by atoms with E-state index in [1.54, 1.807) is 49.4 Å². The van der Waals surface area contributed by atoms with Crippen molar-refractivity contribution in [2.45, 2.75) is 26.4 Å². The van der Waals surface area contributed by atoms with Crippen molar-refractivity contribution in [2.75, 3.05) is 7.11 Å². The Hall–Kier alpha value is -3.48. The standard InChI is InChI=1S/C21H20N2O5/c1-12(24)14-8-9-18(27-3)15(10-14)11-19(25)28-13(2)20-22-17-7-5-4-6-16(17)21(26)23-20/h4-10,13H,11H2,1-3H3,(H,22,23,26)/t13-/m0/s1. The maximum Gasteiger partial charge on any atom is 0.311 e. The van der Waals surface area contributed by atoms with Crippen LogP contribution in [0.4, 0.5) is 0 Å². The predicted octanol–water partition coefficient (Wildman–Crippen LogP) is 2.98. The van der Waals surface area contributed by atoms with Crippen LogP contribution in [0.1, 0.15) is 41.7 Å². The van der Waals surface area contributed by atoms with Crippen LogP contribution in [0.2, 0.25) is 0 Å². The van der Waals surface area contributed by atoms with Gasteiger partial charge in [-0.15, -0.1) is 0 Å². The number of benzene rings is 2. The van der Waals surface area contributed by atoms with Crippen LogP contribution in [-0.2, 0) is 16.0 Å². The van der Waals surface area contributed by atoms with Crippen molar-refractivity contribution in [1.29, 1.82) is 0 Å². The molecule has 7 nitrogen and oxygen atoms in total. The first-order valence-electron chi connectivity index (χ1n) is 8.75. The van der Waals surface area contributed by atoms with Gasteiger partial charge in [0.25, 0.3) is 5.56 Å². The van der Waals surface area contributed by atoms with Crippen LogP contribution in [0.15, 0.2) is 47.3 Å². The van der Waals surface area contributed by atoms with Gasteiger partial charge < -0.3 is 14.5 Å². The summed E-state index contributed by atoms with van der Waals surface area (Å²) in [5, 5.41) is 0.468. The van der Waals surface area contributed by atoms with Gasteiger partial charge >= 0.3 is 5.97 Å². The number of nitrogens with one attached hydrogen (secondary N) is 1. The summed E-state index contributed by atoms with van der Waals surface area (Å²) in [6.07, 6.45) is -0.821. The number of para-hydroxylation sites is 1. The largest absolute Gasteiger partial charge is 0.496 e. The zero-order valence-corrected chi connectivity index (χ0v) is 15.8. The van der Waals surface area contributed by atoms with Gasteiger partial charge in [-0.1, -0.05) is 12.1 Å². The summed E-state index contributed by atoms with van der Waals surface area (Å²) in [4.78, 5) is 43.2. The number of ketones is 1. The molecule has 7 heteroatoms. The Morgan fingerprint density at radius 1 is 1.18 bits per heavy atom. The number of esters is 1. The lowest BCUT2D eigenvalue weighted by Gasteiger charge is -2.14. The van der Waals surface area contributed by atoms with E-state index in [4.69, 9.17) is 9.47 Å². The van der Waals surface area contributed by atoms with Crippen LogP contribution >= 0.6 is 0 Å². The van der Waals surface area contributed by atoms with E-state index >= 15 is 0 Å². The first-order valence-corrected chi connectivity index (χ1v) is 8.75. The second-order valence-corrected chi connectivity index (χ2v) is 6.36. The zero-order chi connectivity index (χ0) is 20.3. The molecule has 3 aromatic rings. The zero-order valence-electron chi connectivity index (χ0n) is 15.8. The van der Waals surface area contributed by atoms with Gasteiger partial charge in [0.05, 0.1) is 24.4 Å². The van der Waals surface area contributed by atoms with E-state index in [9.17, 15) is 14.4 Å². The molecule has 0 aliphatic carbocycles. The van der Waals surface area contributed by atoms with Crippen molar-refractivity contribution >= 4 is 22.7 Å². The molecule has 0 saturated heterocycles. The Labute approximate surface area is 161 Å². The van der Waals surface area contributed by atoms with Gasteiger partial charge in [0.1, 0.15) is 5.75 Å². The topological polar surface area (TPSA) is 98.3 Å². The Morgan fingerprint density at radius 3 is 2.64 bits per heavy atom. The highest BCUT2D eigenvalue weighted by molar-refractivity contribution is 5.94. The minimum atomic E-state index is -0.744. The number of aromatic nitrogens is 2. The Balaban J connectivity index is 1.79. The molecule has 1 N–H and O–H groups in total. The minimum Gasteiger partial charge on any atom is -0.496 e. The summed E-state index contributed by atoms with van der Waals surface area (Å²) in [5.41, 5.74) is 1.27. The highest BCUT2D eigenvalue weighted by Gasteiger charge is 2.18. The monoisotopic (exact) mass is 380 g/mol. The van der Waals surface area contributed by atoms with E-state index < -0.39 is 12.1 Å². The minimum absolute atomic E-state index is 0.0769. The highest BCUT2D eigenvalue weighted by atomic mass is 16.5. The molecule has 1 aromatic heterocycles. The van der Waals surface area contributed by atoms with E-state index in [0.29, 0.717) is 27.8 Å². The predicted molar refractivity (Wildman–Crippen MR) is 104 cm³/mol. The van der Waals surface area contributed by atoms with E-state index in [-0.39, 0.29) is 23.6 Å². The number of carbonyl (C=O) groups is 2. The molecule has 1 atom stereocenters. The first kappa shape index (κ1) is 19.3. The van der Waals surface area contributed by atoms with Crippen molar-refractivity contribution < 1.29 is 19.1 Å². The summed E-state index contributed by atoms with van der Waals surface area (Å²) < 4.78 is 10.7. The molecule has 0 radical (unpaired) electrons. The van der Waals surface area contributed by atoms with Gasteiger partial charge in [0.15, 0.2) is 17.7 Å². The van der Waals surface area contributed by atoms with Crippen molar-refractivity contribution in [3.63, 3.8) is 0 Å².